The van der Waals surface area contributed by atoms with E-state index >= 15 is 0 Å². The molecule has 3 aromatic rings. The highest BCUT2D eigenvalue weighted by Crippen LogP contribution is 2.43. The van der Waals surface area contributed by atoms with Crippen LogP contribution in [0.15, 0.2) is 66.7 Å². The minimum absolute atomic E-state index is 0.0383. The van der Waals surface area contributed by atoms with E-state index in [1.807, 2.05) is 60.7 Å². The summed E-state index contributed by atoms with van der Waals surface area (Å²) in [6.07, 6.45) is 0.331. The first-order valence-corrected chi connectivity index (χ1v) is 10.8. The summed E-state index contributed by atoms with van der Waals surface area (Å²) >= 11 is 0. The molecule has 7 heteroatoms. The van der Waals surface area contributed by atoms with Crippen molar-refractivity contribution in [2.24, 2.45) is 0 Å². The van der Waals surface area contributed by atoms with Crippen LogP contribution in [0, 0.1) is 0 Å². The minimum Gasteiger partial charge on any atom is -0.493 e. The number of hydrogen-bond donors (Lipinski definition) is 2. The number of fused-ring (bicyclic) bond motifs is 1. The minimum atomic E-state index is -0.218. The molecule has 1 aliphatic rings. The predicted molar refractivity (Wildman–Crippen MR) is 134 cm³/mol. The number of rotatable bonds is 7. The van der Waals surface area contributed by atoms with Crippen LogP contribution in [0.5, 0.6) is 11.5 Å². The Morgan fingerprint density at radius 3 is 2.21 bits per heavy atom. The Kier molecular flexibility index (Phi) is 6.54. The summed E-state index contributed by atoms with van der Waals surface area (Å²) in [5, 5.41) is 6.37. The van der Waals surface area contributed by atoms with Gasteiger partial charge in [-0.3, -0.25) is 9.59 Å². The Balaban J connectivity index is 1.77. The molecule has 0 saturated carbocycles. The van der Waals surface area contributed by atoms with E-state index in [2.05, 4.69) is 10.6 Å². The van der Waals surface area contributed by atoms with Crippen molar-refractivity contribution in [2.75, 3.05) is 38.9 Å². The standard InChI is InChI=1S/C27H27N3O4/c1-30(2)24(31)14-17-10-12-19(13-11-17)28-26(18-8-6-5-7-9-18)25-20-15-22(33-3)23(34-4)16-21(20)29-27(25)32/h5-13,15-16,28H,14H2,1-4H3,(H,29,32)/b26-25-. The molecule has 7 nitrogen and oxygen atoms in total. The molecular formula is C27H27N3O4. The average Bonchev–Trinajstić information content (AvgIpc) is 3.17. The van der Waals surface area contributed by atoms with E-state index in [9.17, 15) is 9.59 Å². The van der Waals surface area contributed by atoms with Crippen molar-refractivity contribution in [1.82, 2.24) is 4.90 Å². The number of nitrogens with zero attached hydrogens (tertiary/aromatic N) is 1. The Morgan fingerprint density at radius 1 is 0.941 bits per heavy atom. The molecule has 0 bridgehead atoms. The zero-order valence-electron chi connectivity index (χ0n) is 19.6. The molecule has 0 radical (unpaired) electrons. The summed E-state index contributed by atoms with van der Waals surface area (Å²) in [4.78, 5) is 26.7. The Morgan fingerprint density at radius 2 is 1.59 bits per heavy atom. The lowest BCUT2D eigenvalue weighted by molar-refractivity contribution is -0.128. The molecule has 2 amide bonds. The van der Waals surface area contributed by atoms with E-state index in [4.69, 9.17) is 9.47 Å². The van der Waals surface area contributed by atoms with Crippen LogP contribution < -0.4 is 20.1 Å². The van der Waals surface area contributed by atoms with Gasteiger partial charge in [0.25, 0.3) is 5.91 Å². The molecule has 0 atom stereocenters. The first-order chi connectivity index (χ1) is 16.4. The smallest absolute Gasteiger partial charge is 0.258 e. The second-order valence-corrected chi connectivity index (χ2v) is 8.11. The summed E-state index contributed by atoms with van der Waals surface area (Å²) in [7, 11) is 6.61. The van der Waals surface area contributed by atoms with Crippen molar-refractivity contribution in [3.63, 3.8) is 0 Å². The van der Waals surface area contributed by atoms with Gasteiger partial charge >= 0.3 is 0 Å². The number of likely N-dealkylation sites (N-methyl/N-ethyl adjacent to an activating group) is 1. The van der Waals surface area contributed by atoms with Crippen LogP contribution in [0.1, 0.15) is 16.7 Å². The zero-order chi connectivity index (χ0) is 24.2. The van der Waals surface area contributed by atoms with Crippen LogP contribution in [0.4, 0.5) is 11.4 Å². The maximum atomic E-state index is 13.1. The normalized spacial score (nSPS) is 13.6. The Hall–Kier alpha value is -4.26. The molecule has 0 aliphatic carbocycles. The third-order valence-electron chi connectivity index (χ3n) is 5.66. The van der Waals surface area contributed by atoms with Gasteiger partial charge in [0.15, 0.2) is 11.5 Å². The number of amides is 2. The van der Waals surface area contributed by atoms with E-state index in [1.54, 1.807) is 39.3 Å². The van der Waals surface area contributed by atoms with Crippen molar-refractivity contribution in [2.45, 2.75) is 6.42 Å². The lowest BCUT2D eigenvalue weighted by Crippen LogP contribution is -2.23. The molecule has 3 aromatic carbocycles. The fraction of sp³-hybridized carbons (Fsp3) is 0.185. The second-order valence-electron chi connectivity index (χ2n) is 8.11. The molecule has 0 spiro atoms. The lowest BCUT2D eigenvalue weighted by Gasteiger charge is -2.16. The second kappa shape index (κ2) is 9.70. The number of carbonyl (C=O) groups is 2. The molecule has 1 aliphatic heterocycles. The molecule has 0 saturated heterocycles. The third-order valence-corrected chi connectivity index (χ3v) is 5.66. The van der Waals surface area contributed by atoms with Crippen LogP contribution in [-0.2, 0) is 16.0 Å². The monoisotopic (exact) mass is 457 g/mol. The van der Waals surface area contributed by atoms with Gasteiger partial charge < -0.3 is 25.0 Å². The largest absolute Gasteiger partial charge is 0.493 e. The fourth-order valence-corrected chi connectivity index (χ4v) is 3.81. The van der Waals surface area contributed by atoms with Crippen molar-refractivity contribution in [3.05, 3.63) is 83.4 Å². The van der Waals surface area contributed by atoms with Crippen molar-refractivity contribution in [1.29, 1.82) is 0 Å². The number of anilines is 2. The van der Waals surface area contributed by atoms with E-state index in [-0.39, 0.29) is 11.8 Å². The first kappa shape index (κ1) is 22.9. The zero-order valence-corrected chi connectivity index (χ0v) is 19.6. The van der Waals surface area contributed by atoms with E-state index in [0.717, 1.165) is 22.4 Å². The van der Waals surface area contributed by atoms with E-state index < -0.39 is 0 Å². The molecule has 174 valence electrons. The highest BCUT2D eigenvalue weighted by molar-refractivity contribution is 6.37. The molecule has 1 heterocycles. The molecule has 0 aromatic heterocycles. The van der Waals surface area contributed by atoms with Crippen LogP contribution in [0.2, 0.25) is 0 Å². The lowest BCUT2D eigenvalue weighted by atomic mass is 9.99. The predicted octanol–water partition coefficient (Wildman–Crippen LogP) is 4.27. The van der Waals surface area contributed by atoms with Gasteiger partial charge in [-0.05, 0) is 29.3 Å². The first-order valence-electron chi connectivity index (χ1n) is 10.8. The maximum absolute atomic E-state index is 13.1. The summed E-state index contributed by atoms with van der Waals surface area (Å²) in [6.45, 7) is 0. The molecule has 34 heavy (non-hydrogen) atoms. The number of ether oxygens (including phenoxy) is 2. The molecular weight excluding hydrogens is 430 g/mol. The van der Waals surface area contributed by atoms with Gasteiger partial charge in [0.05, 0.1) is 37.6 Å². The van der Waals surface area contributed by atoms with Crippen molar-refractivity contribution >= 4 is 34.5 Å². The van der Waals surface area contributed by atoms with Crippen molar-refractivity contribution < 1.29 is 19.1 Å². The van der Waals surface area contributed by atoms with Crippen molar-refractivity contribution in [3.8, 4) is 11.5 Å². The fourth-order valence-electron chi connectivity index (χ4n) is 3.81. The number of hydrogen-bond acceptors (Lipinski definition) is 5. The van der Waals surface area contributed by atoms with Gasteiger partial charge in [0, 0.05) is 31.4 Å². The summed E-state index contributed by atoms with van der Waals surface area (Å²) < 4.78 is 10.9. The van der Waals surface area contributed by atoms with Gasteiger partial charge in [-0.15, -0.1) is 0 Å². The molecule has 2 N–H and O–H groups in total. The van der Waals surface area contributed by atoms with Gasteiger partial charge in [0.2, 0.25) is 5.91 Å². The highest BCUT2D eigenvalue weighted by Gasteiger charge is 2.30. The van der Waals surface area contributed by atoms with Gasteiger partial charge in [-0.25, -0.2) is 0 Å². The van der Waals surface area contributed by atoms with Crippen LogP contribution in [-0.4, -0.2) is 45.0 Å². The van der Waals surface area contributed by atoms with E-state index in [1.165, 1.54) is 0 Å². The average molecular weight is 458 g/mol. The summed E-state index contributed by atoms with van der Waals surface area (Å²) in [5.74, 6) is 0.902. The molecule has 0 fully saturated rings. The van der Waals surface area contributed by atoms with Gasteiger partial charge in [0.1, 0.15) is 0 Å². The van der Waals surface area contributed by atoms with Crippen LogP contribution >= 0.6 is 0 Å². The number of methoxy groups -OCH3 is 2. The molecule has 4 rings (SSSR count). The van der Waals surface area contributed by atoms with Gasteiger partial charge in [-0.2, -0.15) is 0 Å². The molecule has 0 unspecified atom stereocenters. The number of carbonyl (C=O) groups excluding carboxylic acids is 2. The number of nitrogens with one attached hydrogen (secondary N) is 2. The third kappa shape index (κ3) is 4.59. The van der Waals surface area contributed by atoms with Gasteiger partial charge in [-0.1, -0.05) is 42.5 Å². The van der Waals surface area contributed by atoms with Crippen LogP contribution in [0.25, 0.3) is 11.3 Å². The number of benzene rings is 3. The SMILES string of the molecule is COc1cc2c(cc1OC)/C(=C(/Nc1ccc(CC(=O)N(C)C)cc1)c1ccccc1)C(=O)N2. The highest BCUT2D eigenvalue weighted by atomic mass is 16.5. The summed E-state index contributed by atoms with van der Waals surface area (Å²) in [6, 6.07) is 20.9. The summed E-state index contributed by atoms with van der Waals surface area (Å²) in [5.41, 5.74) is 5.14. The topological polar surface area (TPSA) is 79.9 Å². The quantitative estimate of drug-likeness (QED) is 0.518. The van der Waals surface area contributed by atoms with E-state index in [0.29, 0.717) is 34.9 Å². The maximum Gasteiger partial charge on any atom is 0.258 e. The van der Waals surface area contributed by atoms with Crippen LogP contribution in [0.3, 0.4) is 0 Å². The Labute approximate surface area is 199 Å². The Bertz CT molecular complexity index is 1250.